The van der Waals surface area contributed by atoms with Crippen LogP contribution in [-0.2, 0) is 11.3 Å². The molecule has 0 spiro atoms. The van der Waals surface area contributed by atoms with E-state index in [1.807, 2.05) is 0 Å². The third-order valence-electron chi connectivity index (χ3n) is 6.60. The van der Waals surface area contributed by atoms with Gasteiger partial charge in [0, 0.05) is 30.2 Å². The van der Waals surface area contributed by atoms with Crippen molar-refractivity contribution < 1.29 is 28.2 Å². The molecule has 4 aromatic rings. The molecule has 194 valence electrons. The van der Waals surface area contributed by atoms with Crippen molar-refractivity contribution >= 4 is 39.5 Å². The van der Waals surface area contributed by atoms with Crippen LogP contribution >= 0.6 is 0 Å². The lowest BCUT2D eigenvalue weighted by molar-refractivity contribution is -0.132. The highest BCUT2D eigenvalue weighted by Crippen LogP contribution is 2.43. The van der Waals surface area contributed by atoms with Crippen LogP contribution in [0.5, 0.6) is 17.2 Å². The predicted octanol–water partition coefficient (Wildman–Crippen LogP) is 3.37. The quantitative estimate of drug-likeness (QED) is 0.392. The highest BCUT2D eigenvalue weighted by atomic mass is 16.5. The largest absolute Gasteiger partial charge is 0.493 e. The van der Waals surface area contributed by atoms with Gasteiger partial charge in [-0.25, -0.2) is 4.79 Å². The van der Waals surface area contributed by atoms with Gasteiger partial charge in [-0.1, -0.05) is 0 Å². The summed E-state index contributed by atoms with van der Waals surface area (Å²) in [4.78, 5) is 43.2. The van der Waals surface area contributed by atoms with Crippen molar-refractivity contribution in [1.29, 1.82) is 0 Å². The van der Waals surface area contributed by atoms with E-state index in [4.69, 9.17) is 18.6 Å². The van der Waals surface area contributed by atoms with E-state index in [1.54, 1.807) is 35.2 Å². The summed E-state index contributed by atoms with van der Waals surface area (Å²) in [6.45, 7) is 1.27. The fraction of sp³-hybridized carbons (Fsp3) is 0.346. The molecule has 11 nitrogen and oxygen atoms in total. The number of nitrogens with zero attached hydrogens (tertiary/aromatic N) is 2. The Morgan fingerprint density at radius 1 is 1.00 bits per heavy atom. The molecule has 2 N–H and O–H groups in total. The highest BCUT2D eigenvalue weighted by molar-refractivity contribution is 6.07. The monoisotopic (exact) mass is 508 g/mol. The number of amides is 2. The third kappa shape index (κ3) is 4.48. The molecule has 2 aromatic carbocycles. The fourth-order valence-electron chi connectivity index (χ4n) is 4.74. The average Bonchev–Trinajstić information content (AvgIpc) is 3.48. The number of anilines is 1. The van der Waals surface area contributed by atoms with Gasteiger partial charge in [0.05, 0.1) is 32.4 Å². The number of hydrogen-bond acceptors (Lipinski definition) is 7. The summed E-state index contributed by atoms with van der Waals surface area (Å²) >= 11 is 0. The number of piperidine rings is 1. The second-order valence-electron chi connectivity index (χ2n) is 8.82. The van der Waals surface area contributed by atoms with Crippen LogP contribution in [0.3, 0.4) is 0 Å². The number of oxazole rings is 1. The minimum Gasteiger partial charge on any atom is -0.493 e. The zero-order valence-electron chi connectivity index (χ0n) is 20.9. The maximum atomic E-state index is 13.1. The normalized spacial score (nSPS) is 13.6. The van der Waals surface area contributed by atoms with Crippen LogP contribution in [0.25, 0.3) is 22.0 Å². The molecule has 1 aliphatic heterocycles. The lowest BCUT2D eigenvalue weighted by Gasteiger charge is -2.26. The first-order valence-electron chi connectivity index (χ1n) is 12.0. The lowest BCUT2D eigenvalue weighted by atomic mass is 10.1. The number of aromatic nitrogens is 2. The van der Waals surface area contributed by atoms with Gasteiger partial charge < -0.3 is 33.8 Å². The van der Waals surface area contributed by atoms with Gasteiger partial charge in [0.15, 0.2) is 17.1 Å². The van der Waals surface area contributed by atoms with E-state index >= 15 is 0 Å². The van der Waals surface area contributed by atoms with Crippen LogP contribution < -0.4 is 25.3 Å². The van der Waals surface area contributed by atoms with Crippen LogP contribution in [0, 0.1) is 0 Å². The van der Waals surface area contributed by atoms with Gasteiger partial charge in [0.25, 0.3) is 5.91 Å². The second kappa shape index (κ2) is 9.92. The number of hydrogen-bond donors (Lipinski definition) is 2. The predicted molar refractivity (Wildman–Crippen MR) is 137 cm³/mol. The zero-order valence-corrected chi connectivity index (χ0v) is 20.9. The summed E-state index contributed by atoms with van der Waals surface area (Å²) < 4.78 is 22.9. The smallest absolute Gasteiger partial charge is 0.420 e. The number of carbonyl (C=O) groups excluding carboxylic acids is 2. The van der Waals surface area contributed by atoms with Gasteiger partial charge in [0.2, 0.25) is 11.7 Å². The van der Waals surface area contributed by atoms with E-state index in [1.165, 1.54) is 25.9 Å². The molecule has 5 rings (SSSR count). The molecule has 0 bridgehead atoms. The van der Waals surface area contributed by atoms with Crippen LogP contribution in [0.2, 0.25) is 0 Å². The van der Waals surface area contributed by atoms with Crippen LogP contribution in [0.4, 0.5) is 5.69 Å². The number of likely N-dealkylation sites (tertiary alicyclic amines) is 1. The molecular formula is C26H28N4O7. The van der Waals surface area contributed by atoms with Gasteiger partial charge >= 0.3 is 5.76 Å². The third-order valence-corrected chi connectivity index (χ3v) is 6.60. The summed E-state index contributed by atoms with van der Waals surface area (Å²) in [5.41, 5.74) is 2.13. The van der Waals surface area contributed by atoms with Crippen molar-refractivity contribution in [3.63, 3.8) is 0 Å². The molecule has 0 radical (unpaired) electrons. The van der Waals surface area contributed by atoms with Crippen LogP contribution in [-0.4, -0.2) is 60.7 Å². The van der Waals surface area contributed by atoms with Gasteiger partial charge in [-0.05, 0) is 43.5 Å². The molecule has 3 heterocycles. The van der Waals surface area contributed by atoms with E-state index < -0.39 is 11.7 Å². The van der Waals surface area contributed by atoms with E-state index in [-0.39, 0.29) is 18.1 Å². The Morgan fingerprint density at radius 2 is 1.76 bits per heavy atom. The Balaban J connectivity index is 1.42. The number of ether oxygens (including phenoxy) is 3. The minimum absolute atomic E-state index is 0.116. The first-order chi connectivity index (χ1) is 17.9. The molecular weight excluding hydrogens is 480 g/mol. The molecule has 0 aliphatic carbocycles. The second-order valence-corrected chi connectivity index (χ2v) is 8.82. The standard InChI is InChI=1S/C26H28N4O7/c1-34-21-13-17-16(23(35-2)24(21)36-3)12-18(28-17)25(32)27-15-7-8-20-19(11-15)30(26(33)37-20)14-22(31)29-9-5-4-6-10-29/h7-8,11-13,28H,4-6,9-10,14H2,1-3H3,(H,27,32). The van der Waals surface area contributed by atoms with Crippen molar-refractivity contribution in [3.05, 3.63) is 46.6 Å². The summed E-state index contributed by atoms with van der Waals surface area (Å²) in [6.07, 6.45) is 3.02. The number of fused-ring (bicyclic) bond motifs is 2. The van der Waals surface area contributed by atoms with Gasteiger partial charge in [0.1, 0.15) is 12.2 Å². The zero-order chi connectivity index (χ0) is 26.1. The Hall–Kier alpha value is -4.41. The van der Waals surface area contributed by atoms with Gasteiger partial charge in [-0.2, -0.15) is 0 Å². The highest BCUT2D eigenvalue weighted by Gasteiger charge is 2.22. The van der Waals surface area contributed by atoms with Crippen molar-refractivity contribution in [2.75, 3.05) is 39.7 Å². The minimum atomic E-state index is -0.616. The molecule has 37 heavy (non-hydrogen) atoms. The Bertz CT molecular complexity index is 1540. The van der Waals surface area contributed by atoms with Crippen LogP contribution in [0.1, 0.15) is 29.8 Å². The summed E-state index contributed by atoms with van der Waals surface area (Å²) in [6, 6.07) is 8.24. The molecule has 0 atom stereocenters. The molecule has 0 saturated carbocycles. The van der Waals surface area contributed by atoms with E-state index in [2.05, 4.69) is 10.3 Å². The fourth-order valence-corrected chi connectivity index (χ4v) is 4.74. The van der Waals surface area contributed by atoms with E-state index in [0.29, 0.717) is 58.0 Å². The molecule has 1 fully saturated rings. The number of rotatable bonds is 7. The number of H-pyrrole nitrogens is 1. The molecule has 2 amide bonds. The first kappa shape index (κ1) is 24.3. The summed E-state index contributed by atoms with van der Waals surface area (Å²) in [5, 5.41) is 3.49. The van der Waals surface area contributed by atoms with Crippen molar-refractivity contribution in [2.24, 2.45) is 0 Å². The Kier molecular flexibility index (Phi) is 6.51. The molecule has 1 saturated heterocycles. The van der Waals surface area contributed by atoms with Crippen molar-refractivity contribution in [3.8, 4) is 17.2 Å². The lowest BCUT2D eigenvalue weighted by Crippen LogP contribution is -2.39. The first-order valence-corrected chi connectivity index (χ1v) is 12.0. The molecule has 2 aromatic heterocycles. The number of carbonyl (C=O) groups is 2. The molecule has 1 aliphatic rings. The van der Waals surface area contributed by atoms with Crippen LogP contribution in [0.15, 0.2) is 39.5 Å². The summed E-state index contributed by atoms with van der Waals surface area (Å²) in [7, 11) is 4.54. The topological polar surface area (TPSA) is 128 Å². The molecule has 0 unspecified atom stereocenters. The number of benzene rings is 2. The maximum Gasteiger partial charge on any atom is 0.420 e. The van der Waals surface area contributed by atoms with Gasteiger partial charge in [-0.3, -0.25) is 14.2 Å². The summed E-state index contributed by atoms with van der Waals surface area (Å²) in [5.74, 6) is 0.173. The maximum absolute atomic E-state index is 13.1. The Labute approximate surface area is 211 Å². The van der Waals surface area contributed by atoms with Gasteiger partial charge in [-0.15, -0.1) is 0 Å². The SMILES string of the molecule is COc1cc2[nH]c(C(=O)Nc3ccc4oc(=O)n(CC(=O)N5CCCCC5)c4c3)cc2c(OC)c1OC. The average molecular weight is 509 g/mol. The van der Waals surface area contributed by atoms with Crippen molar-refractivity contribution in [1.82, 2.24) is 14.5 Å². The molecule has 11 heteroatoms. The van der Waals surface area contributed by atoms with E-state index in [0.717, 1.165) is 19.3 Å². The van der Waals surface area contributed by atoms with E-state index in [9.17, 15) is 14.4 Å². The number of nitrogens with one attached hydrogen (secondary N) is 2. The number of aromatic amines is 1. The number of methoxy groups -OCH3 is 3. The van der Waals surface area contributed by atoms with Crippen molar-refractivity contribution in [2.45, 2.75) is 25.8 Å². The Morgan fingerprint density at radius 3 is 2.46 bits per heavy atom.